The molecule has 0 saturated heterocycles. The topological polar surface area (TPSA) is 92.5 Å². The zero-order valence-corrected chi connectivity index (χ0v) is 15.6. The third kappa shape index (κ3) is 5.17. The monoisotopic (exact) mass is 363 g/mol. The summed E-state index contributed by atoms with van der Waals surface area (Å²) in [6.45, 7) is 8.19. The molecule has 6 nitrogen and oxygen atoms in total. The molecule has 0 aliphatic heterocycles. The van der Waals surface area contributed by atoms with Crippen LogP contribution in [0.3, 0.4) is 0 Å². The van der Waals surface area contributed by atoms with E-state index in [9.17, 15) is 13.2 Å². The van der Waals surface area contributed by atoms with Crippen LogP contribution in [-0.4, -0.2) is 44.3 Å². The number of nitrogens with zero attached hydrogens (tertiary/aromatic N) is 1. The van der Waals surface area contributed by atoms with E-state index in [1.807, 2.05) is 0 Å². The van der Waals surface area contributed by atoms with Crippen LogP contribution in [0.5, 0.6) is 0 Å². The number of hydrogen-bond donors (Lipinski definition) is 2. The fourth-order valence-corrected chi connectivity index (χ4v) is 3.80. The summed E-state index contributed by atoms with van der Waals surface area (Å²) in [4.78, 5) is 12.3. The van der Waals surface area contributed by atoms with Crippen molar-refractivity contribution in [1.29, 1.82) is 0 Å². The summed E-state index contributed by atoms with van der Waals surface area (Å²) in [5.74, 6) is -0.325. The van der Waals surface area contributed by atoms with Crippen LogP contribution in [-0.2, 0) is 10.0 Å². The van der Waals surface area contributed by atoms with Gasteiger partial charge in [-0.05, 0) is 31.5 Å². The fourth-order valence-electron chi connectivity index (χ4n) is 2.09. The highest BCUT2D eigenvalue weighted by molar-refractivity contribution is 7.89. The molecule has 0 spiro atoms. The molecule has 3 N–H and O–H groups in total. The summed E-state index contributed by atoms with van der Waals surface area (Å²) in [6.07, 6.45) is 0. The number of aryl methyl sites for hydroxylation is 1. The van der Waals surface area contributed by atoms with Crippen LogP contribution in [0, 0.1) is 6.92 Å². The number of hydrogen-bond acceptors (Lipinski definition) is 4. The second kappa shape index (κ2) is 9.22. The van der Waals surface area contributed by atoms with Gasteiger partial charge in [0.15, 0.2) is 0 Å². The van der Waals surface area contributed by atoms with E-state index in [-0.39, 0.29) is 29.3 Å². The van der Waals surface area contributed by atoms with Gasteiger partial charge in [-0.2, -0.15) is 4.31 Å². The summed E-state index contributed by atoms with van der Waals surface area (Å²) in [5, 5.41) is 2.73. The fraction of sp³-hybridized carbons (Fsp3) is 0.533. The number of halogens is 1. The maximum Gasteiger partial charge on any atom is 0.251 e. The van der Waals surface area contributed by atoms with Gasteiger partial charge in [0, 0.05) is 31.2 Å². The molecule has 1 atom stereocenters. The van der Waals surface area contributed by atoms with Gasteiger partial charge >= 0.3 is 0 Å². The Balaban J connectivity index is 0.00000484. The van der Waals surface area contributed by atoms with Crippen molar-refractivity contribution in [2.24, 2.45) is 5.73 Å². The normalized spacial score (nSPS) is 12.6. The van der Waals surface area contributed by atoms with Gasteiger partial charge < -0.3 is 11.1 Å². The number of rotatable bonds is 7. The maximum atomic E-state index is 12.6. The van der Waals surface area contributed by atoms with E-state index in [2.05, 4.69) is 5.32 Å². The molecule has 1 aromatic rings. The van der Waals surface area contributed by atoms with Crippen molar-refractivity contribution in [1.82, 2.24) is 9.62 Å². The van der Waals surface area contributed by atoms with E-state index in [4.69, 9.17) is 5.73 Å². The second-order valence-corrected chi connectivity index (χ2v) is 7.09. The minimum absolute atomic E-state index is 0. The number of benzene rings is 1. The van der Waals surface area contributed by atoms with Crippen molar-refractivity contribution >= 4 is 28.3 Å². The summed E-state index contributed by atoms with van der Waals surface area (Å²) in [6, 6.07) is 4.53. The summed E-state index contributed by atoms with van der Waals surface area (Å²) < 4.78 is 26.7. The van der Waals surface area contributed by atoms with Gasteiger partial charge in [-0.15, -0.1) is 12.4 Å². The third-order valence-corrected chi connectivity index (χ3v) is 5.70. The molecular weight excluding hydrogens is 338 g/mol. The number of carbonyl (C=O) groups excluding carboxylic acids is 1. The lowest BCUT2D eigenvalue weighted by Crippen LogP contribution is -2.38. The molecule has 0 radical (unpaired) electrons. The Morgan fingerprint density at radius 1 is 1.30 bits per heavy atom. The lowest BCUT2D eigenvalue weighted by Gasteiger charge is -2.20. The average molecular weight is 364 g/mol. The molecule has 0 saturated carbocycles. The van der Waals surface area contributed by atoms with Crippen molar-refractivity contribution < 1.29 is 13.2 Å². The highest BCUT2D eigenvalue weighted by atomic mass is 35.5. The van der Waals surface area contributed by atoms with Gasteiger partial charge in [0.1, 0.15) is 0 Å². The van der Waals surface area contributed by atoms with E-state index < -0.39 is 10.0 Å². The Hall–Kier alpha value is -1.15. The molecule has 23 heavy (non-hydrogen) atoms. The van der Waals surface area contributed by atoms with E-state index >= 15 is 0 Å². The van der Waals surface area contributed by atoms with Crippen molar-refractivity contribution in [2.45, 2.75) is 38.6 Å². The maximum absolute atomic E-state index is 12.6. The van der Waals surface area contributed by atoms with Crippen molar-refractivity contribution in [3.8, 4) is 0 Å². The number of nitrogens with one attached hydrogen (secondary N) is 1. The Labute approximate surface area is 144 Å². The van der Waals surface area contributed by atoms with Crippen LogP contribution in [0.1, 0.15) is 36.7 Å². The quantitative estimate of drug-likeness (QED) is 0.768. The first-order valence-electron chi connectivity index (χ1n) is 7.39. The molecule has 0 bridgehead atoms. The zero-order chi connectivity index (χ0) is 16.9. The van der Waals surface area contributed by atoms with Gasteiger partial charge in [0.2, 0.25) is 10.0 Å². The first-order chi connectivity index (χ1) is 10.3. The number of sulfonamides is 1. The van der Waals surface area contributed by atoms with Crippen molar-refractivity contribution in [2.75, 3.05) is 19.6 Å². The van der Waals surface area contributed by atoms with Crippen LogP contribution < -0.4 is 11.1 Å². The Kier molecular flexibility index (Phi) is 8.76. The number of carbonyl (C=O) groups is 1. The smallest absolute Gasteiger partial charge is 0.251 e. The Bertz CT molecular complexity index is 631. The number of nitrogens with two attached hydrogens (primary N) is 1. The molecule has 1 aromatic carbocycles. The summed E-state index contributed by atoms with van der Waals surface area (Å²) in [5.41, 5.74) is 6.42. The van der Waals surface area contributed by atoms with E-state index in [0.29, 0.717) is 30.8 Å². The predicted molar refractivity (Wildman–Crippen MR) is 94.5 cm³/mol. The molecule has 8 heteroatoms. The minimum atomic E-state index is -3.59. The molecule has 0 heterocycles. The molecule has 1 amide bonds. The molecule has 0 aliphatic carbocycles. The van der Waals surface area contributed by atoms with Gasteiger partial charge in [-0.3, -0.25) is 4.79 Å². The van der Waals surface area contributed by atoms with Crippen LogP contribution in [0.4, 0.5) is 0 Å². The van der Waals surface area contributed by atoms with Crippen LogP contribution in [0.15, 0.2) is 23.1 Å². The zero-order valence-electron chi connectivity index (χ0n) is 14.0. The first-order valence-corrected chi connectivity index (χ1v) is 8.83. The SMILES string of the molecule is CCN(CC)S(=O)(=O)c1cc(C(=O)N[C@@H](C)CN)ccc1C.Cl. The van der Waals surface area contributed by atoms with Crippen molar-refractivity contribution in [3.63, 3.8) is 0 Å². The van der Waals surface area contributed by atoms with Gasteiger partial charge in [-0.25, -0.2) is 8.42 Å². The van der Waals surface area contributed by atoms with E-state index in [1.165, 1.54) is 10.4 Å². The van der Waals surface area contributed by atoms with Gasteiger partial charge in [0.25, 0.3) is 5.91 Å². The predicted octanol–water partition coefficient (Wildman–Crippen LogP) is 1.52. The van der Waals surface area contributed by atoms with E-state index in [1.54, 1.807) is 39.8 Å². The summed E-state index contributed by atoms with van der Waals surface area (Å²) in [7, 11) is -3.59. The molecule has 0 aromatic heterocycles. The molecule has 0 fully saturated rings. The molecule has 1 rings (SSSR count). The number of amides is 1. The van der Waals surface area contributed by atoms with Gasteiger partial charge in [0.05, 0.1) is 4.90 Å². The average Bonchev–Trinajstić information content (AvgIpc) is 2.48. The largest absolute Gasteiger partial charge is 0.348 e. The highest BCUT2D eigenvalue weighted by Crippen LogP contribution is 2.21. The Morgan fingerprint density at radius 3 is 2.35 bits per heavy atom. The summed E-state index contributed by atoms with van der Waals surface area (Å²) >= 11 is 0. The second-order valence-electron chi connectivity index (χ2n) is 5.18. The third-order valence-electron chi connectivity index (χ3n) is 3.50. The van der Waals surface area contributed by atoms with Crippen LogP contribution in [0.25, 0.3) is 0 Å². The lowest BCUT2D eigenvalue weighted by molar-refractivity contribution is 0.0941. The first kappa shape index (κ1) is 21.9. The standard InChI is InChI=1S/C15H25N3O3S.ClH/c1-5-18(6-2)22(20,21)14-9-13(8-7-11(14)3)15(19)17-12(4)10-16;/h7-9,12H,5-6,10,16H2,1-4H3,(H,17,19);1H/t12-;/m0./s1. The van der Waals surface area contributed by atoms with Crippen LogP contribution >= 0.6 is 12.4 Å². The van der Waals surface area contributed by atoms with Crippen LogP contribution in [0.2, 0.25) is 0 Å². The molecule has 0 unspecified atom stereocenters. The highest BCUT2D eigenvalue weighted by Gasteiger charge is 2.24. The van der Waals surface area contributed by atoms with Crippen molar-refractivity contribution in [3.05, 3.63) is 29.3 Å². The molecular formula is C15H26ClN3O3S. The Morgan fingerprint density at radius 2 is 1.87 bits per heavy atom. The lowest BCUT2D eigenvalue weighted by atomic mass is 10.1. The molecule has 132 valence electrons. The molecule has 0 aliphatic rings. The van der Waals surface area contributed by atoms with E-state index in [0.717, 1.165) is 0 Å². The minimum Gasteiger partial charge on any atom is -0.348 e. The van der Waals surface area contributed by atoms with Gasteiger partial charge in [-0.1, -0.05) is 19.9 Å².